The Kier molecular flexibility index (Phi) is 4.03. The van der Waals surface area contributed by atoms with Crippen LogP contribution in [-0.4, -0.2) is 0 Å². The predicted octanol–water partition coefficient (Wildman–Crippen LogP) is 5.40. The molecule has 1 N–H and O–H groups in total. The van der Waals surface area contributed by atoms with Crippen molar-refractivity contribution in [1.82, 2.24) is 0 Å². The van der Waals surface area contributed by atoms with Crippen LogP contribution in [-0.2, 0) is 6.18 Å². The van der Waals surface area contributed by atoms with Gasteiger partial charge in [0, 0.05) is 11.3 Å². The molecule has 0 aliphatic heterocycles. The molecule has 2 aromatic rings. The molecule has 2 nitrogen and oxygen atoms in total. The molecule has 0 radical (unpaired) electrons. The average Bonchev–Trinajstić information content (AvgIpc) is 2.69. The number of hydrogen-bond acceptors (Lipinski definition) is 2. The highest BCUT2D eigenvalue weighted by molar-refractivity contribution is 5.51. The number of benzene rings is 1. The summed E-state index contributed by atoms with van der Waals surface area (Å²) in [6.07, 6.45) is -4.34. The Labute approximate surface area is 122 Å². The van der Waals surface area contributed by atoms with Crippen LogP contribution in [0.1, 0.15) is 41.2 Å². The van der Waals surface area contributed by atoms with Crippen LogP contribution < -0.4 is 5.32 Å². The quantitative estimate of drug-likeness (QED) is 0.821. The molecule has 21 heavy (non-hydrogen) atoms. The van der Waals surface area contributed by atoms with Gasteiger partial charge in [-0.2, -0.15) is 13.2 Å². The van der Waals surface area contributed by atoms with Crippen LogP contribution in [0.5, 0.6) is 0 Å². The van der Waals surface area contributed by atoms with Gasteiger partial charge in [0.2, 0.25) is 0 Å². The summed E-state index contributed by atoms with van der Waals surface area (Å²) in [4.78, 5) is 0. The second-order valence-corrected chi connectivity index (χ2v) is 5.26. The first-order valence-electron chi connectivity index (χ1n) is 6.70. The monoisotopic (exact) mass is 297 g/mol. The van der Waals surface area contributed by atoms with Gasteiger partial charge in [-0.25, -0.2) is 0 Å². The number of anilines is 1. The van der Waals surface area contributed by atoms with Crippen LogP contribution in [0.25, 0.3) is 0 Å². The van der Waals surface area contributed by atoms with Crippen molar-refractivity contribution in [3.63, 3.8) is 0 Å². The zero-order valence-electron chi connectivity index (χ0n) is 12.4. The molecule has 2 rings (SSSR count). The first kappa shape index (κ1) is 15.5. The third-order valence-corrected chi connectivity index (χ3v) is 3.47. The van der Waals surface area contributed by atoms with Crippen LogP contribution in [0.15, 0.2) is 28.7 Å². The Bertz CT molecular complexity index is 643. The first-order valence-corrected chi connectivity index (χ1v) is 6.70. The minimum absolute atomic E-state index is 0.133. The fourth-order valence-corrected chi connectivity index (χ4v) is 2.43. The lowest BCUT2D eigenvalue weighted by atomic mass is 10.1. The maximum absolute atomic E-state index is 12.9. The highest BCUT2D eigenvalue weighted by Crippen LogP contribution is 2.34. The molecule has 1 aromatic heterocycles. The van der Waals surface area contributed by atoms with Gasteiger partial charge in [-0.05, 0) is 51.5 Å². The van der Waals surface area contributed by atoms with Gasteiger partial charge in [-0.15, -0.1) is 0 Å². The van der Waals surface area contributed by atoms with Crippen molar-refractivity contribution < 1.29 is 17.6 Å². The van der Waals surface area contributed by atoms with Gasteiger partial charge in [-0.1, -0.05) is 6.07 Å². The fourth-order valence-electron chi connectivity index (χ4n) is 2.43. The molecule has 0 saturated heterocycles. The number of hydrogen-bond donors (Lipinski definition) is 1. The number of furan rings is 1. The molecule has 1 heterocycles. The lowest BCUT2D eigenvalue weighted by Crippen LogP contribution is -2.11. The van der Waals surface area contributed by atoms with Crippen LogP contribution in [0, 0.1) is 20.8 Å². The molecule has 1 aromatic carbocycles. The zero-order chi connectivity index (χ0) is 15.8. The summed E-state index contributed by atoms with van der Waals surface area (Å²) >= 11 is 0. The number of halogens is 3. The molecule has 0 amide bonds. The van der Waals surface area contributed by atoms with E-state index in [9.17, 15) is 13.2 Å². The van der Waals surface area contributed by atoms with Crippen molar-refractivity contribution in [3.8, 4) is 0 Å². The van der Waals surface area contributed by atoms with E-state index in [4.69, 9.17) is 4.42 Å². The van der Waals surface area contributed by atoms with Crippen molar-refractivity contribution in [2.24, 2.45) is 0 Å². The molecule has 5 heteroatoms. The molecule has 0 aliphatic carbocycles. The van der Waals surface area contributed by atoms with E-state index < -0.39 is 11.7 Å². The molecule has 0 bridgehead atoms. The van der Waals surface area contributed by atoms with Gasteiger partial charge in [0.1, 0.15) is 11.5 Å². The van der Waals surface area contributed by atoms with E-state index in [1.807, 2.05) is 26.8 Å². The van der Waals surface area contributed by atoms with Crippen molar-refractivity contribution in [2.75, 3.05) is 5.32 Å². The molecule has 1 atom stereocenters. The summed E-state index contributed by atoms with van der Waals surface area (Å²) in [6.45, 7) is 7.04. The molecule has 0 fully saturated rings. The third kappa shape index (κ3) is 3.40. The topological polar surface area (TPSA) is 25.2 Å². The lowest BCUT2D eigenvalue weighted by Gasteiger charge is -2.17. The number of rotatable bonds is 3. The summed E-state index contributed by atoms with van der Waals surface area (Å²) in [5.74, 6) is 1.56. The maximum atomic E-state index is 12.9. The molecular weight excluding hydrogens is 279 g/mol. The minimum Gasteiger partial charge on any atom is -0.466 e. The molecule has 0 spiro atoms. The fraction of sp³-hybridized carbons (Fsp3) is 0.375. The standard InChI is InChI=1S/C16H18F3NO/c1-9-5-6-13(8-15(9)16(17,18)19)20-11(3)14-7-10(2)21-12(14)4/h5-8,11,20H,1-4H3. The number of aryl methyl sites for hydroxylation is 3. The van der Waals surface area contributed by atoms with E-state index >= 15 is 0 Å². The second kappa shape index (κ2) is 5.47. The normalized spacial score (nSPS) is 13.3. The second-order valence-electron chi connectivity index (χ2n) is 5.26. The van der Waals surface area contributed by atoms with Crippen molar-refractivity contribution in [2.45, 2.75) is 39.9 Å². The predicted molar refractivity (Wildman–Crippen MR) is 76.4 cm³/mol. The van der Waals surface area contributed by atoms with Gasteiger partial charge in [-0.3, -0.25) is 0 Å². The van der Waals surface area contributed by atoms with E-state index in [1.54, 1.807) is 6.07 Å². The number of nitrogens with one attached hydrogen (secondary N) is 1. The molecule has 0 aliphatic rings. The van der Waals surface area contributed by atoms with E-state index in [0.717, 1.165) is 23.2 Å². The number of alkyl halides is 3. The van der Waals surface area contributed by atoms with Gasteiger partial charge in [0.15, 0.2) is 0 Å². The Morgan fingerprint density at radius 1 is 1.10 bits per heavy atom. The largest absolute Gasteiger partial charge is 0.466 e. The van der Waals surface area contributed by atoms with Crippen LogP contribution in [0.4, 0.5) is 18.9 Å². The summed E-state index contributed by atoms with van der Waals surface area (Å²) in [6, 6.07) is 6.04. The molecule has 114 valence electrons. The maximum Gasteiger partial charge on any atom is 0.416 e. The van der Waals surface area contributed by atoms with Gasteiger partial charge < -0.3 is 9.73 Å². The van der Waals surface area contributed by atoms with Crippen LogP contribution in [0.2, 0.25) is 0 Å². The van der Waals surface area contributed by atoms with Crippen LogP contribution >= 0.6 is 0 Å². The summed E-state index contributed by atoms with van der Waals surface area (Å²) < 4.78 is 44.2. The Hall–Kier alpha value is -1.91. The summed E-state index contributed by atoms with van der Waals surface area (Å²) in [5, 5.41) is 3.09. The van der Waals surface area contributed by atoms with Gasteiger partial charge in [0.05, 0.1) is 11.6 Å². The molecule has 0 saturated carbocycles. The minimum atomic E-state index is -4.34. The van der Waals surface area contributed by atoms with E-state index in [1.165, 1.54) is 13.0 Å². The van der Waals surface area contributed by atoms with Crippen molar-refractivity contribution >= 4 is 5.69 Å². The van der Waals surface area contributed by atoms with Gasteiger partial charge >= 0.3 is 6.18 Å². The Morgan fingerprint density at radius 2 is 1.76 bits per heavy atom. The third-order valence-electron chi connectivity index (χ3n) is 3.47. The first-order chi connectivity index (χ1) is 9.68. The van der Waals surface area contributed by atoms with Crippen LogP contribution in [0.3, 0.4) is 0 Å². The van der Waals surface area contributed by atoms with E-state index in [2.05, 4.69) is 5.32 Å². The average molecular weight is 297 g/mol. The van der Waals surface area contributed by atoms with Crippen molar-refractivity contribution in [3.05, 3.63) is 52.5 Å². The Balaban J connectivity index is 2.26. The lowest BCUT2D eigenvalue weighted by molar-refractivity contribution is -0.138. The molecule has 1 unspecified atom stereocenters. The zero-order valence-corrected chi connectivity index (χ0v) is 12.4. The highest BCUT2D eigenvalue weighted by Gasteiger charge is 2.32. The van der Waals surface area contributed by atoms with Crippen molar-refractivity contribution in [1.29, 1.82) is 0 Å². The summed E-state index contributed by atoms with van der Waals surface area (Å²) in [7, 11) is 0. The van der Waals surface area contributed by atoms with E-state index in [-0.39, 0.29) is 11.6 Å². The highest BCUT2D eigenvalue weighted by atomic mass is 19.4. The smallest absolute Gasteiger partial charge is 0.416 e. The Morgan fingerprint density at radius 3 is 2.29 bits per heavy atom. The molecular formula is C16H18F3NO. The summed E-state index contributed by atoms with van der Waals surface area (Å²) in [5.41, 5.74) is 0.996. The van der Waals surface area contributed by atoms with Gasteiger partial charge in [0.25, 0.3) is 0 Å². The van der Waals surface area contributed by atoms with E-state index in [0.29, 0.717) is 5.69 Å². The SMILES string of the molecule is Cc1cc(C(C)Nc2ccc(C)c(C(F)(F)F)c2)c(C)o1.